The van der Waals surface area contributed by atoms with E-state index in [-0.39, 0.29) is 5.91 Å². The van der Waals surface area contributed by atoms with E-state index in [1.165, 1.54) is 16.8 Å². The van der Waals surface area contributed by atoms with Crippen molar-refractivity contribution in [1.82, 2.24) is 4.90 Å². The van der Waals surface area contributed by atoms with Crippen LogP contribution in [0.5, 0.6) is 5.75 Å². The molecular formula is C22H29N3O2. The Morgan fingerprint density at radius 1 is 1.04 bits per heavy atom. The first-order valence-corrected chi connectivity index (χ1v) is 9.55. The van der Waals surface area contributed by atoms with E-state index in [0.29, 0.717) is 13.0 Å². The lowest BCUT2D eigenvalue weighted by atomic mass is 10.1. The van der Waals surface area contributed by atoms with Crippen molar-refractivity contribution in [3.8, 4) is 5.75 Å². The number of hydrogen-bond acceptors (Lipinski definition) is 4. The summed E-state index contributed by atoms with van der Waals surface area (Å²) in [7, 11) is 1.68. The van der Waals surface area contributed by atoms with Crippen LogP contribution in [0.1, 0.15) is 17.5 Å². The molecule has 1 aliphatic heterocycles. The first-order chi connectivity index (χ1) is 13.1. The smallest absolute Gasteiger partial charge is 0.224 e. The van der Waals surface area contributed by atoms with E-state index < -0.39 is 0 Å². The van der Waals surface area contributed by atoms with Crippen LogP contribution in [0.2, 0.25) is 0 Å². The van der Waals surface area contributed by atoms with Crippen molar-refractivity contribution < 1.29 is 9.53 Å². The van der Waals surface area contributed by atoms with Gasteiger partial charge in [0, 0.05) is 50.5 Å². The van der Waals surface area contributed by atoms with E-state index in [4.69, 9.17) is 4.74 Å². The van der Waals surface area contributed by atoms with Gasteiger partial charge in [-0.15, -0.1) is 0 Å². The fraction of sp³-hybridized carbons (Fsp3) is 0.409. The van der Waals surface area contributed by atoms with Gasteiger partial charge in [-0.1, -0.05) is 12.1 Å². The topological polar surface area (TPSA) is 44.8 Å². The molecule has 0 unspecified atom stereocenters. The summed E-state index contributed by atoms with van der Waals surface area (Å²) < 4.78 is 5.21. The van der Waals surface area contributed by atoms with Gasteiger partial charge in [-0.3, -0.25) is 4.79 Å². The zero-order valence-corrected chi connectivity index (χ0v) is 16.5. The average molecular weight is 367 g/mol. The molecule has 5 heteroatoms. The standard InChI is InChI=1S/C22H29N3O2/c1-17-4-5-18(2)21(16-17)23-11-10-22(26)25-14-12-24(13-15-25)19-6-8-20(27-3)9-7-19/h4-9,16,23H,10-15H2,1-3H3. The van der Waals surface area contributed by atoms with E-state index in [9.17, 15) is 4.79 Å². The van der Waals surface area contributed by atoms with Gasteiger partial charge in [0.15, 0.2) is 0 Å². The number of amides is 1. The van der Waals surface area contributed by atoms with Crippen LogP contribution in [-0.4, -0.2) is 50.6 Å². The maximum atomic E-state index is 12.5. The monoisotopic (exact) mass is 367 g/mol. The highest BCUT2D eigenvalue weighted by atomic mass is 16.5. The maximum Gasteiger partial charge on any atom is 0.224 e. The molecule has 0 saturated carbocycles. The summed E-state index contributed by atoms with van der Waals surface area (Å²) in [6.45, 7) is 8.11. The highest BCUT2D eigenvalue weighted by Crippen LogP contribution is 2.21. The van der Waals surface area contributed by atoms with Crippen molar-refractivity contribution in [3.05, 3.63) is 53.6 Å². The van der Waals surface area contributed by atoms with E-state index in [1.54, 1.807) is 7.11 Å². The highest BCUT2D eigenvalue weighted by molar-refractivity contribution is 5.77. The molecule has 3 rings (SSSR count). The molecule has 0 spiro atoms. The van der Waals surface area contributed by atoms with Crippen molar-refractivity contribution in [2.75, 3.05) is 50.1 Å². The van der Waals surface area contributed by atoms with Gasteiger partial charge in [0.05, 0.1) is 7.11 Å². The minimum atomic E-state index is 0.224. The summed E-state index contributed by atoms with van der Waals surface area (Å²) >= 11 is 0. The van der Waals surface area contributed by atoms with Gasteiger partial charge in [0.1, 0.15) is 5.75 Å². The summed E-state index contributed by atoms with van der Waals surface area (Å²) in [5.74, 6) is 1.09. The largest absolute Gasteiger partial charge is 0.497 e. The second-order valence-electron chi connectivity index (χ2n) is 7.06. The quantitative estimate of drug-likeness (QED) is 0.849. The van der Waals surface area contributed by atoms with Gasteiger partial charge in [-0.2, -0.15) is 0 Å². The van der Waals surface area contributed by atoms with Crippen LogP contribution in [-0.2, 0) is 4.79 Å². The molecule has 2 aromatic carbocycles. The number of anilines is 2. The van der Waals surface area contributed by atoms with E-state index in [0.717, 1.165) is 37.6 Å². The van der Waals surface area contributed by atoms with Crippen LogP contribution >= 0.6 is 0 Å². The molecule has 5 nitrogen and oxygen atoms in total. The summed E-state index contributed by atoms with van der Waals surface area (Å²) in [4.78, 5) is 16.8. The molecule has 1 aliphatic rings. The fourth-order valence-electron chi connectivity index (χ4n) is 3.40. The fourth-order valence-corrected chi connectivity index (χ4v) is 3.40. The lowest BCUT2D eigenvalue weighted by molar-refractivity contribution is -0.131. The number of methoxy groups -OCH3 is 1. The first kappa shape index (κ1) is 19.1. The average Bonchev–Trinajstić information content (AvgIpc) is 2.70. The number of hydrogen-bond donors (Lipinski definition) is 1. The molecule has 2 aromatic rings. The zero-order valence-electron chi connectivity index (χ0n) is 16.5. The first-order valence-electron chi connectivity index (χ1n) is 9.55. The molecule has 144 valence electrons. The van der Waals surface area contributed by atoms with Crippen LogP contribution in [0.25, 0.3) is 0 Å². The lowest BCUT2D eigenvalue weighted by Gasteiger charge is -2.36. The zero-order chi connectivity index (χ0) is 19.2. The number of nitrogens with zero attached hydrogens (tertiary/aromatic N) is 2. The maximum absolute atomic E-state index is 12.5. The molecule has 0 aromatic heterocycles. The highest BCUT2D eigenvalue weighted by Gasteiger charge is 2.21. The molecular weight excluding hydrogens is 338 g/mol. The normalized spacial score (nSPS) is 14.2. The number of ether oxygens (including phenoxy) is 1. The summed E-state index contributed by atoms with van der Waals surface area (Å²) in [6.07, 6.45) is 0.524. The van der Waals surface area contributed by atoms with E-state index in [1.807, 2.05) is 17.0 Å². The predicted octanol–water partition coefficient (Wildman–Crippen LogP) is 3.46. The van der Waals surface area contributed by atoms with Crippen molar-refractivity contribution >= 4 is 17.3 Å². The number of benzene rings is 2. The molecule has 0 atom stereocenters. The molecule has 1 N–H and O–H groups in total. The number of carbonyl (C=O) groups is 1. The van der Waals surface area contributed by atoms with E-state index in [2.05, 4.69) is 54.4 Å². The summed E-state index contributed by atoms with van der Waals surface area (Å²) in [5.41, 5.74) is 4.73. The minimum Gasteiger partial charge on any atom is -0.497 e. The van der Waals surface area contributed by atoms with Gasteiger partial charge < -0.3 is 19.9 Å². The van der Waals surface area contributed by atoms with Crippen LogP contribution in [0.3, 0.4) is 0 Å². The van der Waals surface area contributed by atoms with Crippen LogP contribution in [0.4, 0.5) is 11.4 Å². The number of piperazine rings is 1. The Balaban J connectivity index is 1.44. The second kappa shape index (κ2) is 8.80. The third-order valence-corrected chi connectivity index (χ3v) is 5.12. The van der Waals surface area contributed by atoms with Gasteiger partial charge >= 0.3 is 0 Å². The molecule has 27 heavy (non-hydrogen) atoms. The molecule has 1 fully saturated rings. The number of nitrogens with one attached hydrogen (secondary N) is 1. The Bertz CT molecular complexity index is 766. The molecule has 1 amide bonds. The molecule has 1 heterocycles. The Kier molecular flexibility index (Phi) is 6.22. The predicted molar refractivity (Wildman–Crippen MR) is 111 cm³/mol. The van der Waals surface area contributed by atoms with Crippen molar-refractivity contribution in [1.29, 1.82) is 0 Å². The number of rotatable bonds is 6. The van der Waals surface area contributed by atoms with Crippen molar-refractivity contribution in [3.63, 3.8) is 0 Å². The molecule has 0 bridgehead atoms. The van der Waals surface area contributed by atoms with Crippen molar-refractivity contribution in [2.24, 2.45) is 0 Å². The van der Waals surface area contributed by atoms with Crippen LogP contribution < -0.4 is 15.0 Å². The summed E-state index contributed by atoms with van der Waals surface area (Å²) in [6, 6.07) is 14.5. The SMILES string of the molecule is COc1ccc(N2CCN(C(=O)CCNc3cc(C)ccc3C)CC2)cc1. The third kappa shape index (κ3) is 4.94. The molecule has 0 radical (unpaired) electrons. The van der Waals surface area contributed by atoms with Gasteiger partial charge in [-0.05, 0) is 55.3 Å². The second-order valence-corrected chi connectivity index (χ2v) is 7.06. The molecule has 0 aliphatic carbocycles. The van der Waals surface area contributed by atoms with Gasteiger partial charge in [-0.25, -0.2) is 0 Å². The Labute approximate surface area is 161 Å². The van der Waals surface area contributed by atoms with Crippen LogP contribution in [0.15, 0.2) is 42.5 Å². The molecule has 1 saturated heterocycles. The summed E-state index contributed by atoms with van der Waals surface area (Å²) in [5, 5.41) is 3.40. The van der Waals surface area contributed by atoms with Gasteiger partial charge in [0.2, 0.25) is 5.91 Å². The lowest BCUT2D eigenvalue weighted by Crippen LogP contribution is -2.49. The number of carbonyl (C=O) groups excluding carboxylic acids is 1. The Hall–Kier alpha value is -2.69. The van der Waals surface area contributed by atoms with Gasteiger partial charge in [0.25, 0.3) is 0 Å². The van der Waals surface area contributed by atoms with E-state index >= 15 is 0 Å². The van der Waals surface area contributed by atoms with Crippen LogP contribution in [0, 0.1) is 13.8 Å². The Morgan fingerprint density at radius 2 is 1.74 bits per heavy atom. The minimum absolute atomic E-state index is 0.224. The third-order valence-electron chi connectivity index (χ3n) is 5.12. The number of aryl methyl sites for hydroxylation is 2. The Morgan fingerprint density at radius 3 is 2.41 bits per heavy atom. The van der Waals surface area contributed by atoms with Crippen molar-refractivity contribution in [2.45, 2.75) is 20.3 Å².